The lowest BCUT2D eigenvalue weighted by atomic mass is 10.1. The Bertz CT molecular complexity index is 489. The third-order valence-corrected chi connectivity index (χ3v) is 3.38. The Morgan fingerprint density at radius 1 is 1.27 bits per heavy atom. The number of guanidine groups is 1. The molecular weight excluding hydrogens is 278 g/mol. The summed E-state index contributed by atoms with van der Waals surface area (Å²) in [5.41, 5.74) is 0. The minimum atomic E-state index is -0.0459. The highest BCUT2D eigenvalue weighted by Crippen LogP contribution is 2.30. The van der Waals surface area contributed by atoms with Crippen molar-refractivity contribution >= 4 is 5.96 Å². The summed E-state index contributed by atoms with van der Waals surface area (Å²) in [6.45, 7) is 9.38. The standard InChI is InChI=1S/C17H27N3O2/c1-4-18-17(19-10-9-13(2)3)20-11-14-12-21-15-7-5-6-8-16(15)22-14/h5-8,13-14H,4,9-12H2,1-3H3,(H2,18,19,20). The second kappa shape index (κ2) is 8.51. The van der Waals surface area contributed by atoms with Crippen molar-refractivity contribution < 1.29 is 9.47 Å². The molecule has 0 radical (unpaired) electrons. The summed E-state index contributed by atoms with van der Waals surface area (Å²) in [6.07, 6.45) is 1.08. The molecule has 0 aliphatic carbocycles. The zero-order valence-electron chi connectivity index (χ0n) is 13.8. The van der Waals surface area contributed by atoms with E-state index in [2.05, 4.69) is 36.4 Å². The van der Waals surface area contributed by atoms with Crippen LogP contribution in [-0.2, 0) is 0 Å². The van der Waals surface area contributed by atoms with Crippen LogP contribution in [0.25, 0.3) is 0 Å². The number of fused-ring (bicyclic) bond motifs is 1. The zero-order valence-corrected chi connectivity index (χ0v) is 13.8. The lowest BCUT2D eigenvalue weighted by molar-refractivity contribution is 0.0971. The molecule has 0 bridgehead atoms. The normalized spacial score (nSPS) is 17.5. The van der Waals surface area contributed by atoms with Gasteiger partial charge in [-0.3, -0.25) is 0 Å². The van der Waals surface area contributed by atoms with Crippen LogP contribution in [0.15, 0.2) is 29.3 Å². The Hall–Kier alpha value is -1.91. The largest absolute Gasteiger partial charge is 0.486 e. The number of aliphatic imine (C=N–C) groups is 1. The third-order valence-electron chi connectivity index (χ3n) is 3.38. The molecule has 0 spiro atoms. The molecule has 1 unspecified atom stereocenters. The first kappa shape index (κ1) is 16.5. The molecule has 22 heavy (non-hydrogen) atoms. The molecule has 0 saturated heterocycles. The van der Waals surface area contributed by atoms with Gasteiger partial charge >= 0.3 is 0 Å². The quantitative estimate of drug-likeness (QED) is 0.626. The highest BCUT2D eigenvalue weighted by atomic mass is 16.6. The maximum Gasteiger partial charge on any atom is 0.191 e. The van der Waals surface area contributed by atoms with Gasteiger partial charge < -0.3 is 20.1 Å². The van der Waals surface area contributed by atoms with Crippen molar-refractivity contribution in [2.45, 2.75) is 33.3 Å². The van der Waals surface area contributed by atoms with Crippen LogP contribution in [0.3, 0.4) is 0 Å². The number of nitrogens with zero attached hydrogens (tertiary/aromatic N) is 1. The lowest BCUT2D eigenvalue weighted by Gasteiger charge is -2.25. The number of hydrogen-bond acceptors (Lipinski definition) is 3. The third kappa shape index (κ3) is 5.13. The fourth-order valence-electron chi connectivity index (χ4n) is 2.17. The first-order valence-electron chi connectivity index (χ1n) is 8.09. The zero-order chi connectivity index (χ0) is 15.8. The van der Waals surface area contributed by atoms with Gasteiger partial charge in [-0.25, -0.2) is 4.99 Å². The summed E-state index contributed by atoms with van der Waals surface area (Å²) in [5.74, 6) is 3.13. The van der Waals surface area contributed by atoms with E-state index in [0.717, 1.165) is 37.0 Å². The average Bonchev–Trinajstić information content (AvgIpc) is 2.52. The number of ether oxygens (including phenoxy) is 2. The Balaban J connectivity index is 1.85. The van der Waals surface area contributed by atoms with Crippen LogP contribution in [0, 0.1) is 5.92 Å². The molecule has 1 aliphatic rings. The van der Waals surface area contributed by atoms with E-state index < -0.39 is 0 Å². The van der Waals surface area contributed by atoms with Gasteiger partial charge in [0.2, 0.25) is 0 Å². The van der Waals surface area contributed by atoms with E-state index in [4.69, 9.17) is 9.47 Å². The van der Waals surface area contributed by atoms with Gasteiger partial charge in [0, 0.05) is 13.1 Å². The van der Waals surface area contributed by atoms with Crippen LogP contribution in [0.4, 0.5) is 0 Å². The minimum Gasteiger partial charge on any atom is -0.486 e. The Labute approximate surface area is 133 Å². The number of para-hydroxylation sites is 2. The molecule has 1 aliphatic heterocycles. The summed E-state index contributed by atoms with van der Waals surface area (Å²) in [7, 11) is 0. The monoisotopic (exact) mass is 305 g/mol. The highest BCUT2D eigenvalue weighted by molar-refractivity contribution is 5.79. The Kier molecular flexibility index (Phi) is 6.37. The minimum absolute atomic E-state index is 0.0459. The van der Waals surface area contributed by atoms with E-state index >= 15 is 0 Å². The van der Waals surface area contributed by atoms with Crippen LogP contribution < -0.4 is 20.1 Å². The molecule has 5 heteroatoms. The topological polar surface area (TPSA) is 54.9 Å². The molecular formula is C17H27N3O2. The van der Waals surface area contributed by atoms with Gasteiger partial charge in [-0.1, -0.05) is 26.0 Å². The summed E-state index contributed by atoms with van der Waals surface area (Å²) in [4.78, 5) is 4.60. The molecule has 0 saturated carbocycles. The van der Waals surface area contributed by atoms with Gasteiger partial charge in [-0.2, -0.15) is 0 Å². The van der Waals surface area contributed by atoms with Gasteiger partial charge in [-0.15, -0.1) is 0 Å². The van der Waals surface area contributed by atoms with Crippen molar-refractivity contribution in [2.75, 3.05) is 26.2 Å². The smallest absolute Gasteiger partial charge is 0.191 e. The summed E-state index contributed by atoms with van der Waals surface area (Å²) in [6, 6.07) is 7.75. The summed E-state index contributed by atoms with van der Waals surface area (Å²) >= 11 is 0. The molecule has 5 nitrogen and oxygen atoms in total. The van der Waals surface area contributed by atoms with Gasteiger partial charge in [0.1, 0.15) is 6.61 Å². The van der Waals surface area contributed by atoms with Crippen molar-refractivity contribution in [3.63, 3.8) is 0 Å². The van der Waals surface area contributed by atoms with Crippen molar-refractivity contribution in [1.82, 2.24) is 10.6 Å². The average molecular weight is 305 g/mol. The van der Waals surface area contributed by atoms with E-state index in [-0.39, 0.29) is 6.10 Å². The van der Waals surface area contributed by atoms with Gasteiger partial charge in [-0.05, 0) is 31.4 Å². The lowest BCUT2D eigenvalue weighted by Crippen LogP contribution is -2.40. The molecule has 0 amide bonds. The molecule has 2 rings (SSSR count). The van der Waals surface area contributed by atoms with E-state index in [1.54, 1.807) is 0 Å². The number of rotatable bonds is 6. The second-order valence-corrected chi connectivity index (χ2v) is 5.83. The molecule has 1 aromatic carbocycles. The fraction of sp³-hybridized carbons (Fsp3) is 0.588. The van der Waals surface area contributed by atoms with Crippen molar-refractivity contribution in [2.24, 2.45) is 10.9 Å². The Morgan fingerprint density at radius 2 is 2.05 bits per heavy atom. The van der Waals surface area contributed by atoms with Gasteiger partial charge in [0.25, 0.3) is 0 Å². The van der Waals surface area contributed by atoms with E-state index in [1.165, 1.54) is 0 Å². The molecule has 2 N–H and O–H groups in total. The molecule has 1 aromatic rings. The number of benzene rings is 1. The molecule has 0 fully saturated rings. The summed E-state index contributed by atoms with van der Waals surface area (Å²) < 4.78 is 11.6. The maximum absolute atomic E-state index is 5.92. The predicted octanol–water partition coefficient (Wildman–Crippen LogP) is 2.43. The molecule has 1 heterocycles. The first-order chi connectivity index (χ1) is 10.7. The molecule has 0 aromatic heterocycles. The van der Waals surface area contributed by atoms with Crippen LogP contribution in [0.5, 0.6) is 11.5 Å². The molecule has 122 valence electrons. The Morgan fingerprint density at radius 3 is 2.77 bits per heavy atom. The molecule has 1 atom stereocenters. The van der Waals surface area contributed by atoms with Crippen molar-refractivity contribution in [1.29, 1.82) is 0 Å². The fourth-order valence-corrected chi connectivity index (χ4v) is 2.17. The van der Waals surface area contributed by atoms with Crippen LogP contribution in [0.2, 0.25) is 0 Å². The summed E-state index contributed by atoms with van der Waals surface area (Å²) in [5, 5.41) is 6.61. The number of nitrogens with one attached hydrogen (secondary N) is 2. The first-order valence-corrected chi connectivity index (χ1v) is 8.09. The SMILES string of the molecule is CCNC(=NCC1COc2ccccc2O1)NCCC(C)C. The number of hydrogen-bond donors (Lipinski definition) is 2. The predicted molar refractivity (Wildman–Crippen MR) is 89.8 cm³/mol. The van der Waals surface area contributed by atoms with E-state index in [0.29, 0.717) is 19.1 Å². The highest BCUT2D eigenvalue weighted by Gasteiger charge is 2.20. The van der Waals surface area contributed by atoms with Gasteiger partial charge in [0.15, 0.2) is 23.6 Å². The van der Waals surface area contributed by atoms with Crippen molar-refractivity contribution in [3.05, 3.63) is 24.3 Å². The second-order valence-electron chi connectivity index (χ2n) is 5.83. The van der Waals surface area contributed by atoms with Crippen LogP contribution >= 0.6 is 0 Å². The van der Waals surface area contributed by atoms with E-state index in [9.17, 15) is 0 Å². The maximum atomic E-state index is 5.92. The van der Waals surface area contributed by atoms with Crippen molar-refractivity contribution in [3.8, 4) is 11.5 Å². The van der Waals surface area contributed by atoms with Crippen LogP contribution in [0.1, 0.15) is 27.2 Å². The van der Waals surface area contributed by atoms with E-state index in [1.807, 2.05) is 24.3 Å². The van der Waals surface area contributed by atoms with Crippen LogP contribution in [-0.4, -0.2) is 38.3 Å². The van der Waals surface area contributed by atoms with Gasteiger partial charge in [0.05, 0.1) is 6.54 Å².